The average molecular weight is 445 g/mol. The molecule has 0 spiro atoms. The summed E-state index contributed by atoms with van der Waals surface area (Å²) in [4.78, 5) is 30.1. The second kappa shape index (κ2) is 18.0. The molecule has 0 heterocycles. The van der Waals surface area contributed by atoms with E-state index in [2.05, 4.69) is 0 Å². The van der Waals surface area contributed by atoms with Crippen LogP contribution in [0, 0.1) is 40.8 Å². The van der Waals surface area contributed by atoms with Crippen LogP contribution >= 0.6 is 0 Å². The van der Waals surface area contributed by atoms with Crippen molar-refractivity contribution in [2.75, 3.05) is 0 Å². The number of carbonyl (C=O) groups excluding carboxylic acids is 3. The van der Waals surface area contributed by atoms with Gasteiger partial charge >= 0.3 is 0 Å². The van der Waals surface area contributed by atoms with Crippen molar-refractivity contribution < 1.29 is 70.5 Å². The van der Waals surface area contributed by atoms with E-state index < -0.39 is 0 Å². The average Bonchev–Trinajstić information content (AvgIpc) is 2.10. The Balaban J connectivity index is -0.000000108. The van der Waals surface area contributed by atoms with E-state index in [1.165, 1.54) is 59.8 Å². The summed E-state index contributed by atoms with van der Waals surface area (Å²) in [6, 6.07) is 0. The molecule has 0 atom stereocenters. The zero-order chi connectivity index (χ0) is 17.6. The van der Waals surface area contributed by atoms with Crippen molar-refractivity contribution in [1.82, 2.24) is 0 Å². The first-order valence-corrected chi connectivity index (χ1v) is 6.02. The summed E-state index contributed by atoms with van der Waals surface area (Å²) in [6.45, 7) is 8.54. The van der Waals surface area contributed by atoms with E-state index >= 15 is 0 Å². The third kappa shape index (κ3) is 50.9. The monoisotopic (exact) mass is 442 g/mol. The van der Waals surface area contributed by atoms with Gasteiger partial charge in [0.2, 0.25) is 0 Å². The molecule has 0 bridgehead atoms. The van der Waals surface area contributed by atoms with Crippen LogP contribution in [0.1, 0.15) is 41.5 Å². The van der Waals surface area contributed by atoms with E-state index in [9.17, 15) is 14.4 Å². The minimum atomic E-state index is -0.125. The molecule has 7 heteroatoms. The van der Waals surface area contributed by atoms with Crippen LogP contribution in [0.15, 0.2) is 35.5 Å². The van der Waals surface area contributed by atoms with Crippen molar-refractivity contribution >= 4 is 17.3 Å². The Kier molecular flexibility index (Phi) is 23.8. The number of carbonyl (C=O) groups is 3. The minimum Gasteiger partial charge on any atom is -0.512 e. The van der Waals surface area contributed by atoms with Gasteiger partial charge in [-0.3, -0.25) is 14.4 Å². The van der Waals surface area contributed by atoms with Gasteiger partial charge in [0.25, 0.3) is 0 Å². The van der Waals surface area contributed by atoms with E-state index in [1.54, 1.807) is 0 Å². The van der Waals surface area contributed by atoms with Gasteiger partial charge in [-0.2, -0.15) is 0 Å². The molecular weight excluding hydrogens is 420 g/mol. The first-order chi connectivity index (χ1) is 9.38. The van der Waals surface area contributed by atoms with Gasteiger partial charge in [0.1, 0.15) is 0 Å². The molecule has 0 radical (unpaired) electrons. The molecule has 0 fully saturated rings. The maximum atomic E-state index is 10.0. The van der Waals surface area contributed by atoms with Crippen LogP contribution in [0.5, 0.6) is 0 Å². The van der Waals surface area contributed by atoms with Gasteiger partial charge in [0.05, 0.1) is 17.3 Å². The smallest absolute Gasteiger partial charge is 0.155 e. The fourth-order valence-corrected chi connectivity index (χ4v) is 0.882. The molecule has 0 aromatic rings. The van der Waals surface area contributed by atoms with Crippen molar-refractivity contribution in [2.45, 2.75) is 41.5 Å². The summed E-state index contributed by atoms with van der Waals surface area (Å²) < 4.78 is 0. The Morgan fingerprint density at radius 1 is 0.545 bits per heavy atom. The van der Waals surface area contributed by atoms with Crippen LogP contribution in [0.2, 0.25) is 0 Å². The van der Waals surface area contributed by atoms with Crippen molar-refractivity contribution in [3.05, 3.63) is 35.5 Å². The Morgan fingerprint density at radius 2 is 0.682 bits per heavy atom. The van der Waals surface area contributed by atoms with Crippen LogP contribution in [-0.4, -0.2) is 32.7 Å². The molecule has 0 aromatic carbocycles. The maximum absolute atomic E-state index is 10.0. The molecule has 0 unspecified atom stereocenters. The number of aliphatic hydroxyl groups excluding tert-OH is 3. The van der Waals surface area contributed by atoms with Crippen molar-refractivity contribution in [3.8, 4) is 0 Å². The Labute approximate surface area is 164 Å². The molecule has 3 N–H and O–H groups in total. The molecule has 0 aliphatic carbocycles. The number of allylic oxidation sites excluding steroid dienone is 6. The zero-order valence-corrected chi connectivity index (χ0v) is 17.0. The number of rotatable bonds is 3. The van der Waals surface area contributed by atoms with Gasteiger partial charge in [0.15, 0.2) is 17.3 Å². The third-order valence-corrected chi connectivity index (χ3v) is 1.24. The SMILES string of the molecule is CC(=O)/C=C(\C)O.CC(=O)/C=C(\C)O.CC(=O)/C=C(\C)O.[Nd]. The molecular formula is C15H24NdO6. The predicted molar refractivity (Wildman–Crippen MR) is 81.2 cm³/mol. The number of ketones is 3. The van der Waals surface area contributed by atoms with E-state index in [1.807, 2.05) is 0 Å². The molecule has 124 valence electrons. The molecule has 0 saturated carbocycles. The van der Waals surface area contributed by atoms with E-state index in [-0.39, 0.29) is 75.5 Å². The van der Waals surface area contributed by atoms with E-state index in [0.717, 1.165) is 0 Å². The summed E-state index contributed by atoms with van der Waals surface area (Å²) in [6.07, 6.45) is 3.50. The largest absolute Gasteiger partial charge is 0.512 e. The summed E-state index contributed by atoms with van der Waals surface area (Å²) in [7, 11) is 0. The van der Waals surface area contributed by atoms with E-state index in [4.69, 9.17) is 15.3 Å². The molecule has 0 saturated heterocycles. The molecule has 0 aromatic heterocycles. The van der Waals surface area contributed by atoms with E-state index in [0.29, 0.717) is 0 Å². The summed E-state index contributed by atoms with van der Waals surface area (Å²) in [5, 5.41) is 25.1. The fourth-order valence-electron chi connectivity index (χ4n) is 0.882. The van der Waals surface area contributed by atoms with Crippen molar-refractivity contribution in [2.24, 2.45) is 0 Å². The van der Waals surface area contributed by atoms with Crippen LogP contribution in [0.25, 0.3) is 0 Å². The quantitative estimate of drug-likeness (QED) is 0.455. The van der Waals surface area contributed by atoms with Crippen LogP contribution in [-0.2, 0) is 14.4 Å². The standard InChI is InChI=1S/3C5H8O2.Nd/c3*1-4(6)3-5(2)7;/h3*3,6H,1-2H3;/b3*4-3+;. The molecule has 0 aliphatic heterocycles. The number of hydrogen-bond acceptors (Lipinski definition) is 6. The Morgan fingerprint density at radius 3 is 0.682 bits per heavy atom. The van der Waals surface area contributed by atoms with Gasteiger partial charge in [-0.15, -0.1) is 0 Å². The van der Waals surface area contributed by atoms with Gasteiger partial charge in [-0.1, -0.05) is 0 Å². The Hall–Kier alpha value is -1.02. The normalized spacial score (nSPS) is 10.9. The number of aliphatic hydroxyl groups is 3. The molecule has 0 rings (SSSR count). The van der Waals surface area contributed by atoms with Crippen LogP contribution in [0.3, 0.4) is 0 Å². The van der Waals surface area contributed by atoms with Gasteiger partial charge in [-0.25, -0.2) is 0 Å². The van der Waals surface area contributed by atoms with Gasteiger partial charge in [-0.05, 0) is 41.5 Å². The Bertz CT molecular complexity index is 368. The van der Waals surface area contributed by atoms with Crippen molar-refractivity contribution in [3.63, 3.8) is 0 Å². The van der Waals surface area contributed by atoms with Crippen LogP contribution in [0.4, 0.5) is 0 Å². The first kappa shape index (κ1) is 29.0. The molecule has 6 nitrogen and oxygen atoms in total. The third-order valence-electron chi connectivity index (χ3n) is 1.24. The minimum absolute atomic E-state index is 0. The number of hydrogen-bond donors (Lipinski definition) is 3. The second-order valence-electron chi connectivity index (χ2n) is 4.19. The summed E-state index contributed by atoms with van der Waals surface area (Å²) >= 11 is 0. The maximum Gasteiger partial charge on any atom is 0.155 e. The fraction of sp³-hybridized carbons (Fsp3) is 0.400. The first-order valence-electron chi connectivity index (χ1n) is 6.02. The van der Waals surface area contributed by atoms with Gasteiger partial charge < -0.3 is 15.3 Å². The molecule has 0 aliphatic rings. The summed E-state index contributed by atoms with van der Waals surface area (Å²) in [5.74, 6) is -0.187. The topological polar surface area (TPSA) is 112 Å². The van der Waals surface area contributed by atoms with Crippen molar-refractivity contribution in [1.29, 1.82) is 0 Å². The summed E-state index contributed by atoms with van der Waals surface area (Å²) in [5.41, 5.74) is 0. The predicted octanol–water partition coefficient (Wildman–Crippen LogP) is 3.11. The van der Waals surface area contributed by atoms with Crippen LogP contribution < -0.4 is 0 Å². The molecule has 0 amide bonds. The zero-order valence-electron chi connectivity index (χ0n) is 13.8. The van der Waals surface area contributed by atoms with Gasteiger partial charge in [0, 0.05) is 59.1 Å². The molecule has 22 heavy (non-hydrogen) atoms. The second-order valence-corrected chi connectivity index (χ2v) is 4.19.